The van der Waals surface area contributed by atoms with Crippen molar-refractivity contribution in [2.24, 2.45) is 17.8 Å². The van der Waals surface area contributed by atoms with Gasteiger partial charge in [0.2, 0.25) is 11.3 Å². The maximum Gasteiger partial charge on any atom is 0.278 e. The molecule has 0 spiro atoms. The first-order valence-electron chi connectivity index (χ1n) is 8.67. The molecule has 2 amide bonds. The van der Waals surface area contributed by atoms with Crippen LogP contribution in [0.1, 0.15) is 35.4 Å². The van der Waals surface area contributed by atoms with E-state index >= 15 is 0 Å². The van der Waals surface area contributed by atoms with E-state index < -0.39 is 0 Å². The van der Waals surface area contributed by atoms with Crippen LogP contribution in [-0.4, -0.2) is 58.0 Å². The van der Waals surface area contributed by atoms with Gasteiger partial charge in [-0.3, -0.25) is 19.5 Å². The Morgan fingerprint density at radius 1 is 1.12 bits per heavy atom. The molecule has 0 radical (unpaired) electrons. The fourth-order valence-corrected chi connectivity index (χ4v) is 4.05. The molecular formula is C17H22N4O3. The molecule has 0 aromatic carbocycles. The molecule has 1 aliphatic carbocycles. The summed E-state index contributed by atoms with van der Waals surface area (Å²) in [5.74, 6) is 0.870. The minimum atomic E-state index is -0.338. The molecule has 4 rings (SSSR count). The first kappa shape index (κ1) is 15.4. The highest BCUT2D eigenvalue weighted by Crippen LogP contribution is 2.35. The second-order valence-corrected chi connectivity index (χ2v) is 7.37. The monoisotopic (exact) mass is 330 g/mol. The average molecular weight is 330 g/mol. The van der Waals surface area contributed by atoms with Crippen LogP contribution in [0.25, 0.3) is 0 Å². The van der Waals surface area contributed by atoms with Crippen molar-refractivity contribution in [3.8, 4) is 0 Å². The Morgan fingerprint density at radius 2 is 1.75 bits per heavy atom. The van der Waals surface area contributed by atoms with Gasteiger partial charge < -0.3 is 9.80 Å². The van der Waals surface area contributed by atoms with Gasteiger partial charge in [0, 0.05) is 55.7 Å². The SMILES string of the molecule is Cc1cc(=O)c(C(=O)N2C[C@@H]3CN(C(=O)C4CCC4)C[C@@H]3C2)n[nH]1. The van der Waals surface area contributed by atoms with Crippen molar-refractivity contribution in [2.75, 3.05) is 26.2 Å². The molecule has 1 N–H and O–H groups in total. The van der Waals surface area contributed by atoms with Crippen molar-refractivity contribution in [1.29, 1.82) is 0 Å². The quantitative estimate of drug-likeness (QED) is 0.851. The van der Waals surface area contributed by atoms with Gasteiger partial charge in [-0.2, -0.15) is 5.10 Å². The highest BCUT2D eigenvalue weighted by Gasteiger charge is 2.45. The number of hydrogen-bond donors (Lipinski definition) is 1. The lowest BCUT2D eigenvalue weighted by Gasteiger charge is -2.30. The minimum Gasteiger partial charge on any atom is -0.342 e. The minimum absolute atomic E-state index is 0.0389. The van der Waals surface area contributed by atoms with Crippen molar-refractivity contribution in [2.45, 2.75) is 26.2 Å². The first-order valence-corrected chi connectivity index (χ1v) is 8.67. The number of nitrogens with zero attached hydrogens (tertiary/aromatic N) is 3. The van der Waals surface area contributed by atoms with Crippen LogP contribution in [0.3, 0.4) is 0 Å². The molecular weight excluding hydrogens is 308 g/mol. The molecule has 7 heteroatoms. The van der Waals surface area contributed by atoms with Gasteiger partial charge in [0.05, 0.1) is 0 Å². The number of aromatic amines is 1. The number of carbonyl (C=O) groups excluding carboxylic acids is 2. The van der Waals surface area contributed by atoms with Crippen molar-refractivity contribution in [3.63, 3.8) is 0 Å². The molecule has 1 saturated carbocycles. The van der Waals surface area contributed by atoms with Gasteiger partial charge in [0.25, 0.3) is 5.91 Å². The Balaban J connectivity index is 1.41. The second-order valence-electron chi connectivity index (χ2n) is 7.37. The smallest absolute Gasteiger partial charge is 0.278 e. The molecule has 1 aromatic heterocycles. The lowest BCUT2D eigenvalue weighted by atomic mass is 9.84. The number of hydrogen-bond acceptors (Lipinski definition) is 4. The topological polar surface area (TPSA) is 86.4 Å². The predicted octanol–water partition coefficient (Wildman–Crippen LogP) is 0.409. The van der Waals surface area contributed by atoms with E-state index in [0.717, 1.165) is 32.4 Å². The zero-order valence-electron chi connectivity index (χ0n) is 13.8. The number of likely N-dealkylation sites (tertiary alicyclic amines) is 2. The van der Waals surface area contributed by atoms with Gasteiger partial charge in [-0.05, 0) is 19.8 Å². The Morgan fingerprint density at radius 3 is 2.29 bits per heavy atom. The van der Waals surface area contributed by atoms with Gasteiger partial charge in [0.1, 0.15) is 0 Å². The van der Waals surface area contributed by atoms with E-state index in [1.165, 1.54) is 6.07 Å². The Hall–Kier alpha value is -2.18. The van der Waals surface area contributed by atoms with Gasteiger partial charge >= 0.3 is 0 Å². The molecule has 3 aliphatic rings. The van der Waals surface area contributed by atoms with Gasteiger partial charge in [-0.15, -0.1) is 0 Å². The van der Waals surface area contributed by atoms with Crippen LogP contribution in [0, 0.1) is 24.7 Å². The fourth-order valence-electron chi connectivity index (χ4n) is 4.05. The molecule has 2 saturated heterocycles. The first-order chi connectivity index (χ1) is 11.5. The van der Waals surface area contributed by atoms with E-state index in [-0.39, 0.29) is 22.9 Å². The van der Waals surface area contributed by atoms with Crippen molar-refractivity contribution < 1.29 is 9.59 Å². The summed E-state index contributed by atoms with van der Waals surface area (Å²) in [6.07, 6.45) is 3.21. The van der Waals surface area contributed by atoms with E-state index in [1.807, 2.05) is 4.90 Å². The molecule has 0 unspecified atom stereocenters. The number of carbonyl (C=O) groups is 2. The molecule has 128 valence electrons. The molecule has 24 heavy (non-hydrogen) atoms. The van der Waals surface area contributed by atoms with Crippen LogP contribution in [0.15, 0.2) is 10.9 Å². The zero-order chi connectivity index (χ0) is 16.8. The van der Waals surface area contributed by atoms with Crippen LogP contribution in [0.4, 0.5) is 0 Å². The number of amides is 2. The molecule has 2 aliphatic heterocycles. The van der Waals surface area contributed by atoms with E-state index in [9.17, 15) is 14.4 Å². The van der Waals surface area contributed by atoms with Crippen molar-refractivity contribution >= 4 is 11.8 Å². The number of fused-ring (bicyclic) bond motifs is 1. The van der Waals surface area contributed by atoms with Crippen LogP contribution in [0.2, 0.25) is 0 Å². The molecule has 7 nitrogen and oxygen atoms in total. The third-order valence-corrected chi connectivity index (χ3v) is 5.67. The van der Waals surface area contributed by atoms with E-state index in [4.69, 9.17) is 0 Å². The Bertz CT molecular complexity index is 726. The summed E-state index contributed by atoms with van der Waals surface area (Å²) in [4.78, 5) is 40.6. The van der Waals surface area contributed by atoms with Crippen LogP contribution in [-0.2, 0) is 4.79 Å². The summed E-state index contributed by atoms with van der Waals surface area (Å²) >= 11 is 0. The van der Waals surface area contributed by atoms with E-state index in [0.29, 0.717) is 36.5 Å². The van der Waals surface area contributed by atoms with E-state index in [2.05, 4.69) is 10.2 Å². The standard InChI is InChI=1S/C17H22N4O3/c1-10-5-14(22)15(19-18-10)17(24)21-8-12-6-20(7-13(12)9-21)16(23)11-3-2-4-11/h5,11-13H,2-4,6-9H2,1H3,(H,18,22)/t12-,13+. The summed E-state index contributed by atoms with van der Waals surface area (Å²) in [6.45, 7) is 4.42. The van der Waals surface area contributed by atoms with Crippen LogP contribution in [0.5, 0.6) is 0 Å². The van der Waals surface area contributed by atoms with Crippen molar-refractivity contribution in [1.82, 2.24) is 20.0 Å². The van der Waals surface area contributed by atoms with Crippen molar-refractivity contribution in [3.05, 3.63) is 27.7 Å². The number of H-pyrrole nitrogens is 1. The maximum absolute atomic E-state index is 12.6. The molecule has 3 fully saturated rings. The Kier molecular flexibility index (Phi) is 3.66. The largest absolute Gasteiger partial charge is 0.342 e. The summed E-state index contributed by atoms with van der Waals surface area (Å²) in [5, 5.41) is 6.60. The molecule has 2 atom stereocenters. The van der Waals surface area contributed by atoms with Crippen LogP contribution >= 0.6 is 0 Å². The maximum atomic E-state index is 12.6. The third kappa shape index (κ3) is 2.52. The predicted molar refractivity (Wildman–Crippen MR) is 86.4 cm³/mol. The van der Waals surface area contributed by atoms with Gasteiger partial charge in [-0.1, -0.05) is 6.42 Å². The lowest BCUT2D eigenvalue weighted by molar-refractivity contribution is -0.137. The normalized spacial score (nSPS) is 26.4. The van der Waals surface area contributed by atoms with Gasteiger partial charge in [0.15, 0.2) is 5.69 Å². The summed E-state index contributed by atoms with van der Waals surface area (Å²) in [5.41, 5.74) is 0.262. The number of aromatic nitrogens is 2. The third-order valence-electron chi connectivity index (χ3n) is 5.67. The highest BCUT2D eigenvalue weighted by atomic mass is 16.2. The highest BCUT2D eigenvalue weighted by molar-refractivity contribution is 5.92. The summed E-state index contributed by atoms with van der Waals surface area (Å²) < 4.78 is 0. The number of aryl methyl sites for hydroxylation is 1. The molecule has 1 aromatic rings. The summed E-state index contributed by atoms with van der Waals surface area (Å²) in [6, 6.07) is 1.40. The van der Waals surface area contributed by atoms with Crippen LogP contribution < -0.4 is 5.43 Å². The molecule has 3 heterocycles. The summed E-state index contributed by atoms with van der Waals surface area (Å²) in [7, 11) is 0. The second kappa shape index (κ2) is 5.72. The Labute approximate surface area is 140 Å². The lowest BCUT2D eigenvalue weighted by Crippen LogP contribution is -2.40. The van der Waals surface area contributed by atoms with E-state index in [1.54, 1.807) is 11.8 Å². The fraction of sp³-hybridized carbons (Fsp3) is 0.647. The zero-order valence-corrected chi connectivity index (χ0v) is 13.8. The number of nitrogens with one attached hydrogen (secondary N) is 1. The molecule has 0 bridgehead atoms. The number of rotatable bonds is 2. The van der Waals surface area contributed by atoms with Gasteiger partial charge in [-0.25, -0.2) is 0 Å². The average Bonchev–Trinajstić information content (AvgIpc) is 3.03.